The second kappa shape index (κ2) is 6.87. The Hall–Kier alpha value is -1.73. The summed E-state index contributed by atoms with van der Waals surface area (Å²) in [5.41, 5.74) is 1.36. The number of benzene rings is 1. The summed E-state index contributed by atoms with van der Waals surface area (Å²) in [6, 6.07) is 12.6. The van der Waals surface area contributed by atoms with Gasteiger partial charge in [0.25, 0.3) is 0 Å². The summed E-state index contributed by atoms with van der Waals surface area (Å²) < 4.78 is 2.12. The third-order valence-corrected chi connectivity index (χ3v) is 3.52. The van der Waals surface area contributed by atoms with Crippen molar-refractivity contribution >= 4 is 11.8 Å². The van der Waals surface area contributed by atoms with Crippen LogP contribution in [0.2, 0.25) is 0 Å². The van der Waals surface area contributed by atoms with Crippen LogP contribution in [0.1, 0.15) is 12.0 Å². The van der Waals surface area contributed by atoms with Crippen LogP contribution in [0.25, 0.3) is 0 Å². The average molecular weight is 257 g/mol. The Bertz CT molecular complexity index is 513. The van der Waals surface area contributed by atoms with Crippen LogP contribution >= 0.6 is 11.8 Å². The Morgan fingerprint density at radius 3 is 2.89 bits per heavy atom. The molecule has 18 heavy (non-hydrogen) atoms. The second-order valence-electron chi connectivity index (χ2n) is 3.94. The Balaban J connectivity index is 1.83. The van der Waals surface area contributed by atoms with E-state index in [1.165, 1.54) is 17.3 Å². The number of rotatable bonds is 6. The first-order chi connectivity index (χ1) is 8.90. The van der Waals surface area contributed by atoms with Gasteiger partial charge in [-0.05, 0) is 18.4 Å². The summed E-state index contributed by atoms with van der Waals surface area (Å²) in [6.07, 6.45) is 5.93. The maximum Gasteiger partial charge on any atom is 0.168 e. The van der Waals surface area contributed by atoms with Crippen LogP contribution in [0, 0.1) is 11.3 Å². The number of aromatic nitrogens is 2. The molecule has 0 aliphatic carbocycles. The van der Waals surface area contributed by atoms with E-state index < -0.39 is 0 Å². The molecule has 0 unspecified atom stereocenters. The van der Waals surface area contributed by atoms with E-state index in [1.54, 1.807) is 6.20 Å². The maximum absolute atomic E-state index is 8.57. The van der Waals surface area contributed by atoms with Gasteiger partial charge < -0.3 is 4.57 Å². The fourth-order valence-electron chi connectivity index (χ4n) is 1.80. The van der Waals surface area contributed by atoms with Crippen LogP contribution < -0.4 is 0 Å². The van der Waals surface area contributed by atoms with Crippen LogP contribution in [0.3, 0.4) is 0 Å². The van der Waals surface area contributed by atoms with Crippen molar-refractivity contribution in [2.24, 2.45) is 0 Å². The lowest BCUT2D eigenvalue weighted by molar-refractivity contribution is 0.595. The number of hydrogen-bond acceptors (Lipinski definition) is 3. The molecule has 2 rings (SSSR count). The van der Waals surface area contributed by atoms with Gasteiger partial charge in [0.2, 0.25) is 0 Å². The van der Waals surface area contributed by atoms with Crippen molar-refractivity contribution in [1.29, 1.82) is 5.26 Å². The maximum atomic E-state index is 8.57. The number of imidazole rings is 1. The molecule has 0 saturated carbocycles. The van der Waals surface area contributed by atoms with Gasteiger partial charge in [-0.15, -0.1) is 0 Å². The highest BCUT2D eigenvalue weighted by atomic mass is 32.2. The summed E-state index contributed by atoms with van der Waals surface area (Å²) in [5, 5.41) is 9.51. The molecular weight excluding hydrogens is 242 g/mol. The largest absolute Gasteiger partial charge is 0.326 e. The van der Waals surface area contributed by atoms with Crippen molar-refractivity contribution in [3.63, 3.8) is 0 Å². The molecule has 92 valence electrons. The van der Waals surface area contributed by atoms with Crippen LogP contribution in [0.15, 0.2) is 47.9 Å². The quantitative estimate of drug-likeness (QED) is 0.747. The van der Waals surface area contributed by atoms with Gasteiger partial charge in [0.1, 0.15) is 0 Å². The summed E-state index contributed by atoms with van der Waals surface area (Å²) in [4.78, 5) is 4.25. The average Bonchev–Trinajstić information content (AvgIpc) is 2.85. The van der Waals surface area contributed by atoms with E-state index in [-0.39, 0.29) is 0 Å². The predicted octanol–water partition coefficient (Wildman–Crippen LogP) is 3.13. The molecule has 0 radical (unpaired) electrons. The van der Waals surface area contributed by atoms with E-state index in [1.807, 2.05) is 12.3 Å². The molecule has 0 spiro atoms. The Kier molecular flexibility index (Phi) is 4.86. The monoisotopic (exact) mass is 257 g/mol. The first-order valence-electron chi connectivity index (χ1n) is 5.95. The number of thioether (sulfide) groups is 1. The third-order valence-electron chi connectivity index (χ3n) is 2.65. The van der Waals surface area contributed by atoms with E-state index in [0.717, 1.165) is 24.5 Å². The molecule has 0 atom stereocenters. The Labute approximate surface area is 111 Å². The highest BCUT2D eigenvalue weighted by Gasteiger charge is 2.02. The molecule has 0 aliphatic rings. The zero-order chi connectivity index (χ0) is 12.6. The second-order valence-corrected chi connectivity index (χ2v) is 4.88. The van der Waals surface area contributed by atoms with Crippen molar-refractivity contribution < 1.29 is 0 Å². The number of hydrogen-bond donors (Lipinski definition) is 0. The van der Waals surface area contributed by atoms with E-state index in [9.17, 15) is 0 Å². The number of aryl methyl sites for hydroxylation is 2. The van der Waals surface area contributed by atoms with Crippen LogP contribution in [-0.4, -0.2) is 15.3 Å². The molecule has 1 heterocycles. The van der Waals surface area contributed by atoms with Gasteiger partial charge in [-0.1, -0.05) is 42.1 Å². The lowest BCUT2D eigenvalue weighted by Gasteiger charge is -2.06. The zero-order valence-corrected chi connectivity index (χ0v) is 10.9. The van der Waals surface area contributed by atoms with Gasteiger partial charge in [-0.3, -0.25) is 0 Å². The van der Waals surface area contributed by atoms with Crippen molar-refractivity contribution in [1.82, 2.24) is 9.55 Å². The van der Waals surface area contributed by atoms with Crippen molar-refractivity contribution in [2.45, 2.75) is 24.5 Å². The SMILES string of the molecule is N#CCSc1nccn1CCCc1ccccc1. The number of nitrogens with zero attached hydrogens (tertiary/aromatic N) is 3. The van der Waals surface area contributed by atoms with Crippen LogP contribution in [-0.2, 0) is 13.0 Å². The number of nitriles is 1. The highest BCUT2D eigenvalue weighted by molar-refractivity contribution is 7.99. The smallest absolute Gasteiger partial charge is 0.168 e. The van der Waals surface area contributed by atoms with Crippen LogP contribution in [0.5, 0.6) is 0 Å². The minimum atomic E-state index is 0.454. The molecule has 1 aromatic carbocycles. The molecule has 0 amide bonds. The summed E-state index contributed by atoms with van der Waals surface area (Å²) in [5.74, 6) is 0.454. The van der Waals surface area contributed by atoms with E-state index >= 15 is 0 Å². The van der Waals surface area contributed by atoms with Gasteiger partial charge in [-0.2, -0.15) is 5.26 Å². The summed E-state index contributed by atoms with van der Waals surface area (Å²) in [7, 11) is 0. The fourth-order valence-corrected chi connectivity index (χ4v) is 2.45. The first kappa shape index (κ1) is 12.7. The first-order valence-corrected chi connectivity index (χ1v) is 6.93. The normalized spacial score (nSPS) is 10.2. The van der Waals surface area contributed by atoms with Crippen molar-refractivity contribution in [3.8, 4) is 6.07 Å². The van der Waals surface area contributed by atoms with Crippen molar-refractivity contribution in [3.05, 3.63) is 48.3 Å². The molecular formula is C14H15N3S. The summed E-state index contributed by atoms with van der Waals surface area (Å²) in [6.45, 7) is 0.947. The Morgan fingerprint density at radius 1 is 1.28 bits per heavy atom. The molecule has 0 saturated heterocycles. The lowest BCUT2D eigenvalue weighted by atomic mass is 10.1. The van der Waals surface area contributed by atoms with Crippen molar-refractivity contribution in [2.75, 3.05) is 5.75 Å². The van der Waals surface area contributed by atoms with Gasteiger partial charge in [0.15, 0.2) is 5.16 Å². The van der Waals surface area contributed by atoms with Gasteiger partial charge in [-0.25, -0.2) is 4.98 Å². The molecule has 0 bridgehead atoms. The minimum Gasteiger partial charge on any atom is -0.326 e. The lowest BCUT2D eigenvalue weighted by Crippen LogP contribution is -2.00. The highest BCUT2D eigenvalue weighted by Crippen LogP contribution is 2.15. The van der Waals surface area contributed by atoms with E-state index in [4.69, 9.17) is 5.26 Å². The molecule has 1 aromatic heterocycles. The van der Waals surface area contributed by atoms with Gasteiger partial charge >= 0.3 is 0 Å². The predicted molar refractivity (Wildman–Crippen MR) is 73.3 cm³/mol. The molecule has 3 nitrogen and oxygen atoms in total. The van der Waals surface area contributed by atoms with Crippen LogP contribution in [0.4, 0.5) is 0 Å². The molecule has 4 heteroatoms. The molecule has 0 N–H and O–H groups in total. The standard InChI is InChI=1S/C14H15N3S/c15-8-12-18-14-16-9-11-17(14)10-4-7-13-5-2-1-3-6-13/h1-3,5-6,9,11H,4,7,10,12H2. The topological polar surface area (TPSA) is 41.6 Å². The summed E-state index contributed by atoms with van der Waals surface area (Å²) >= 11 is 1.49. The Morgan fingerprint density at radius 2 is 2.11 bits per heavy atom. The van der Waals surface area contributed by atoms with Gasteiger partial charge in [0.05, 0.1) is 11.8 Å². The molecule has 0 fully saturated rings. The minimum absolute atomic E-state index is 0.454. The molecule has 2 aromatic rings. The molecule has 0 aliphatic heterocycles. The third kappa shape index (κ3) is 3.64. The zero-order valence-electron chi connectivity index (χ0n) is 10.1. The fraction of sp³-hybridized carbons (Fsp3) is 0.286. The van der Waals surface area contributed by atoms with E-state index in [2.05, 4.69) is 39.9 Å². The van der Waals surface area contributed by atoms with E-state index in [0.29, 0.717) is 5.75 Å². The van der Waals surface area contributed by atoms with Gasteiger partial charge in [0, 0.05) is 18.9 Å².